The topological polar surface area (TPSA) is 35.2 Å². The molecule has 0 radical (unpaired) electrons. The van der Waals surface area contributed by atoms with Crippen molar-refractivity contribution in [3.63, 3.8) is 0 Å². The second-order valence-corrected chi connectivity index (χ2v) is 2.74. The maximum atomic E-state index is 11.8. The molecule has 0 bridgehead atoms. The van der Waals surface area contributed by atoms with E-state index in [-0.39, 0.29) is 11.8 Å². The Balaban J connectivity index is 2.79. The largest absolute Gasteiger partial charge is 0.435 e. The summed E-state index contributed by atoms with van der Waals surface area (Å²) in [6, 6.07) is 6.20. The number of halogens is 2. The van der Waals surface area contributed by atoms with Gasteiger partial charge in [0.1, 0.15) is 5.75 Å². The fourth-order valence-corrected chi connectivity index (χ4v) is 0.974. The lowest BCUT2D eigenvalue weighted by Gasteiger charge is -2.08. The van der Waals surface area contributed by atoms with Crippen LogP contribution in [0.25, 0.3) is 0 Å². The monoisotopic (exact) mass is 187 g/mol. The lowest BCUT2D eigenvalue weighted by atomic mass is 10.1. The summed E-state index contributed by atoms with van der Waals surface area (Å²) in [6.07, 6.45) is 0. The maximum Gasteiger partial charge on any atom is 0.387 e. The van der Waals surface area contributed by atoms with Crippen molar-refractivity contribution in [1.29, 1.82) is 0 Å². The summed E-state index contributed by atoms with van der Waals surface area (Å²) in [6.45, 7) is -1.01. The zero-order valence-electron chi connectivity index (χ0n) is 7.21. The van der Waals surface area contributed by atoms with Crippen molar-refractivity contribution in [3.8, 4) is 5.75 Å². The molecule has 4 heteroatoms. The van der Waals surface area contributed by atoms with Gasteiger partial charge in [0.05, 0.1) is 0 Å². The Morgan fingerprint density at radius 1 is 1.38 bits per heavy atom. The van der Waals surface area contributed by atoms with Gasteiger partial charge in [0.2, 0.25) is 0 Å². The predicted molar refractivity (Wildman–Crippen MR) is 45.7 cm³/mol. The van der Waals surface area contributed by atoms with Crippen LogP contribution in [0, 0.1) is 0 Å². The van der Waals surface area contributed by atoms with Gasteiger partial charge in [-0.1, -0.05) is 12.1 Å². The molecule has 0 saturated heterocycles. The number of hydrogen-bond acceptors (Lipinski definition) is 2. The van der Waals surface area contributed by atoms with E-state index in [2.05, 4.69) is 4.74 Å². The van der Waals surface area contributed by atoms with Gasteiger partial charge in [-0.3, -0.25) is 0 Å². The van der Waals surface area contributed by atoms with Crippen molar-refractivity contribution in [2.75, 3.05) is 0 Å². The highest BCUT2D eigenvalue weighted by atomic mass is 19.3. The fraction of sp³-hybridized carbons (Fsp3) is 0.333. The van der Waals surface area contributed by atoms with Crippen LogP contribution in [0.4, 0.5) is 8.78 Å². The average Bonchev–Trinajstić information content (AvgIpc) is 2.03. The average molecular weight is 187 g/mol. The molecule has 0 amide bonds. The molecule has 0 unspecified atom stereocenters. The van der Waals surface area contributed by atoms with E-state index >= 15 is 0 Å². The van der Waals surface area contributed by atoms with Crippen molar-refractivity contribution >= 4 is 0 Å². The normalized spacial score (nSPS) is 13.0. The Bertz CT molecular complexity index is 276. The molecular formula is C9H11F2NO. The number of nitrogens with two attached hydrogens (primary N) is 1. The smallest absolute Gasteiger partial charge is 0.387 e. The van der Waals surface area contributed by atoms with Crippen molar-refractivity contribution in [2.24, 2.45) is 5.73 Å². The van der Waals surface area contributed by atoms with Crippen LogP contribution in [0.15, 0.2) is 24.3 Å². The van der Waals surface area contributed by atoms with Gasteiger partial charge in [-0.15, -0.1) is 0 Å². The molecular weight excluding hydrogens is 176 g/mol. The van der Waals surface area contributed by atoms with E-state index in [1.165, 1.54) is 12.1 Å². The minimum absolute atomic E-state index is 0.143. The van der Waals surface area contributed by atoms with Gasteiger partial charge < -0.3 is 10.5 Å². The van der Waals surface area contributed by atoms with Crippen molar-refractivity contribution in [3.05, 3.63) is 29.8 Å². The highest BCUT2D eigenvalue weighted by Gasteiger charge is 2.05. The Hall–Kier alpha value is -1.16. The van der Waals surface area contributed by atoms with Crippen molar-refractivity contribution < 1.29 is 13.5 Å². The molecule has 1 rings (SSSR count). The van der Waals surface area contributed by atoms with Gasteiger partial charge in [0.15, 0.2) is 0 Å². The molecule has 0 aromatic heterocycles. The molecule has 1 atom stereocenters. The molecule has 0 aliphatic heterocycles. The molecule has 2 N–H and O–H groups in total. The van der Waals surface area contributed by atoms with Crippen LogP contribution in [0.3, 0.4) is 0 Å². The van der Waals surface area contributed by atoms with E-state index in [9.17, 15) is 8.78 Å². The third kappa shape index (κ3) is 2.99. The molecule has 0 aliphatic carbocycles. The van der Waals surface area contributed by atoms with Gasteiger partial charge in [-0.2, -0.15) is 8.78 Å². The van der Waals surface area contributed by atoms with E-state index < -0.39 is 6.61 Å². The number of alkyl halides is 2. The maximum absolute atomic E-state index is 11.8. The summed E-state index contributed by atoms with van der Waals surface area (Å²) < 4.78 is 27.8. The summed E-state index contributed by atoms with van der Waals surface area (Å²) in [5.41, 5.74) is 6.35. The first-order valence-corrected chi connectivity index (χ1v) is 3.90. The van der Waals surface area contributed by atoms with Crippen molar-refractivity contribution in [1.82, 2.24) is 0 Å². The Morgan fingerprint density at radius 2 is 2.08 bits per heavy atom. The second-order valence-electron chi connectivity index (χ2n) is 2.74. The van der Waals surface area contributed by atoms with Crippen LogP contribution in [0.5, 0.6) is 5.75 Å². The Kier molecular flexibility index (Phi) is 3.19. The molecule has 13 heavy (non-hydrogen) atoms. The summed E-state index contributed by atoms with van der Waals surface area (Å²) in [7, 11) is 0. The molecule has 1 aromatic rings. The van der Waals surface area contributed by atoms with Crippen LogP contribution in [-0.2, 0) is 0 Å². The SMILES string of the molecule is C[C@H](N)c1cccc(OC(F)F)c1. The lowest BCUT2D eigenvalue weighted by Crippen LogP contribution is -2.06. The summed E-state index contributed by atoms with van der Waals surface area (Å²) in [4.78, 5) is 0. The third-order valence-electron chi connectivity index (χ3n) is 1.61. The number of benzene rings is 1. The number of rotatable bonds is 3. The molecule has 0 heterocycles. The second kappa shape index (κ2) is 4.18. The highest BCUT2D eigenvalue weighted by Crippen LogP contribution is 2.18. The highest BCUT2D eigenvalue weighted by molar-refractivity contribution is 5.30. The van der Waals surface area contributed by atoms with E-state index in [4.69, 9.17) is 5.73 Å². The van der Waals surface area contributed by atoms with Crippen LogP contribution >= 0.6 is 0 Å². The first-order chi connectivity index (χ1) is 6.09. The van der Waals surface area contributed by atoms with Crippen LogP contribution in [0.1, 0.15) is 18.5 Å². The molecule has 72 valence electrons. The molecule has 0 aliphatic rings. The van der Waals surface area contributed by atoms with Crippen LogP contribution < -0.4 is 10.5 Å². The molecule has 1 aromatic carbocycles. The molecule has 0 fully saturated rings. The van der Waals surface area contributed by atoms with Gasteiger partial charge in [0.25, 0.3) is 0 Å². The Morgan fingerprint density at radius 3 is 2.62 bits per heavy atom. The van der Waals surface area contributed by atoms with Gasteiger partial charge in [0, 0.05) is 6.04 Å². The minimum atomic E-state index is -2.79. The van der Waals surface area contributed by atoms with Gasteiger partial charge in [-0.05, 0) is 24.6 Å². The first-order valence-electron chi connectivity index (χ1n) is 3.90. The van der Waals surface area contributed by atoms with E-state index in [0.29, 0.717) is 0 Å². The van der Waals surface area contributed by atoms with Gasteiger partial charge >= 0.3 is 6.61 Å². The minimum Gasteiger partial charge on any atom is -0.435 e. The molecule has 0 saturated carbocycles. The number of hydrogen-bond donors (Lipinski definition) is 1. The molecule has 2 nitrogen and oxygen atoms in total. The van der Waals surface area contributed by atoms with E-state index in [1.54, 1.807) is 19.1 Å². The summed E-state index contributed by atoms with van der Waals surface area (Å²) in [5, 5.41) is 0. The van der Waals surface area contributed by atoms with Gasteiger partial charge in [-0.25, -0.2) is 0 Å². The lowest BCUT2D eigenvalue weighted by molar-refractivity contribution is -0.0498. The zero-order valence-corrected chi connectivity index (χ0v) is 7.21. The quantitative estimate of drug-likeness (QED) is 0.788. The zero-order chi connectivity index (χ0) is 9.84. The standard InChI is InChI=1S/C9H11F2NO/c1-6(12)7-3-2-4-8(5-7)13-9(10)11/h2-6,9H,12H2,1H3/t6-/m0/s1. The predicted octanol–water partition coefficient (Wildman–Crippen LogP) is 2.31. The fourth-order valence-electron chi connectivity index (χ4n) is 0.974. The third-order valence-corrected chi connectivity index (χ3v) is 1.61. The van der Waals surface area contributed by atoms with Crippen LogP contribution in [-0.4, -0.2) is 6.61 Å². The first kappa shape index (κ1) is 9.92. The summed E-state index contributed by atoms with van der Waals surface area (Å²) in [5.74, 6) is 0.143. The van der Waals surface area contributed by atoms with Crippen molar-refractivity contribution in [2.45, 2.75) is 19.6 Å². The summed E-state index contributed by atoms with van der Waals surface area (Å²) >= 11 is 0. The number of ether oxygens (including phenoxy) is 1. The van der Waals surface area contributed by atoms with E-state index in [0.717, 1.165) is 5.56 Å². The Labute approximate surface area is 75.3 Å². The molecule has 0 spiro atoms. The van der Waals surface area contributed by atoms with Crippen LogP contribution in [0.2, 0.25) is 0 Å². The van der Waals surface area contributed by atoms with E-state index in [1.807, 2.05) is 0 Å².